The summed E-state index contributed by atoms with van der Waals surface area (Å²) in [6, 6.07) is 10.6. The van der Waals surface area contributed by atoms with Crippen molar-refractivity contribution in [3.8, 4) is 0 Å². The number of unbranched alkanes of at least 4 members (excludes halogenated alkanes) is 1. The van der Waals surface area contributed by atoms with Gasteiger partial charge in [0, 0.05) is 22.5 Å². The number of benzene rings is 1. The summed E-state index contributed by atoms with van der Waals surface area (Å²) in [6.45, 7) is 14.5. The first-order chi connectivity index (χ1) is 13.5. The smallest absolute Gasteiger partial charge is 0.0383 e. The molecule has 1 aromatic heterocycles. The van der Waals surface area contributed by atoms with E-state index in [4.69, 9.17) is 5.41 Å². The van der Waals surface area contributed by atoms with Crippen molar-refractivity contribution in [3.63, 3.8) is 0 Å². The zero-order valence-corrected chi connectivity index (χ0v) is 17.6. The lowest BCUT2D eigenvalue weighted by Crippen LogP contribution is -2.23. The molecule has 2 N–H and O–H groups in total. The maximum atomic E-state index is 7.88. The van der Waals surface area contributed by atoms with E-state index in [1.54, 1.807) is 0 Å². The van der Waals surface area contributed by atoms with Gasteiger partial charge in [0.25, 0.3) is 0 Å². The lowest BCUT2D eigenvalue weighted by atomic mass is 9.88. The monoisotopic (exact) mass is 374 g/mol. The number of aromatic amines is 1. The SMILES string of the molecule is C=C(C=CC)C(CCCCC(CC)c1cccc(C(C)=N)c1)=c1cc[nH]c1=C. The minimum Gasteiger partial charge on any atom is -0.362 e. The van der Waals surface area contributed by atoms with Gasteiger partial charge >= 0.3 is 0 Å². The van der Waals surface area contributed by atoms with Gasteiger partial charge in [-0.15, -0.1) is 0 Å². The number of allylic oxidation sites excluding steroid dienone is 3. The minimum absolute atomic E-state index is 0.553. The van der Waals surface area contributed by atoms with Gasteiger partial charge in [-0.2, -0.15) is 0 Å². The Kier molecular flexibility index (Phi) is 8.25. The molecule has 1 unspecified atom stereocenters. The lowest BCUT2D eigenvalue weighted by molar-refractivity contribution is 0.561. The van der Waals surface area contributed by atoms with Crippen LogP contribution in [-0.2, 0) is 0 Å². The third kappa shape index (κ3) is 5.69. The predicted octanol–water partition coefficient (Wildman–Crippen LogP) is 5.85. The Morgan fingerprint density at radius 3 is 2.64 bits per heavy atom. The Hall–Kier alpha value is -2.61. The number of nitrogens with one attached hydrogen (secondary N) is 2. The Bertz CT molecular complexity index is 943. The molecule has 0 amide bonds. The zero-order valence-electron chi connectivity index (χ0n) is 17.6. The third-order valence-electron chi connectivity index (χ3n) is 5.43. The molecule has 0 saturated carbocycles. The predicted molar refractivity (Wildman–Crippen MR) is 123 cm³/mol. The van der Waals surface area contributed by atoms with Crippen molar-refractivity contribution in [2.75, 3.05) is 0 Å². The molecule has 148 valence electrons. The highest BCUT2D eigenvalue weighted by molar-refractivity contribution is 5.96. The largest absolute Gasteiger partial charge is 0.362 e. The first kappa shape index (κ1) is 21.7. The second-order valence-corrected chi connectivity index (χ2v) is 7.48. The summed E-state index contributed by atoms with van der Waals surface area (Å²) < 4.78 is 0. The van der Waals surface area contributed by atoms with E-state index in [0.717, 1.165) is 35.7 Å². The maximum Gasteiger partial charge on any atom is 0.0383 e. The topological polar surface area (TPSA) is 39.6 Å². The molecule has 0 aliphatic rings. The molecular weight excluding hydrogens is 340 g/mol. The van der Waals surface area contributed by atoms with Crippen LogP contribution in [0.5, 0.6) is 0 Å². The molecule has 0 aliphatic carbocycles. The molecule has 2 rings (SSSR count). The molecule has 2 nitrogen and oxygen atoms in total. The number of rotatable bonds is 10. The van der Waals surface area contributed by atoms with Crippen LogP contribution in [0.2, 0.25) is 0 Å². The van der Waals surface area contributed by atoms with Crippen molar-refractivity contribution < 1.29 is 0 Å². The minimum atomic E-state index is 0.553. The van der Waals surface area contributed by atoms with Crippen LogP contribution in [0.4, 0.5) is 0 Å². The summed E-state index contributed by atoms with van der Waals surface area (Å²) in [7, 11) is 0. The fourth-order valence-corrected chi connectivity index (χ4v) is 3.78. The highest BCUT2D eigenvalue weighted by atomic mass is 14.6. The molecule has 2 aromatic rings. The summed E-state index contributed by atoms with van der Waals surface area (Å²) in [5, 5.41) is 10.0. The third-order valence-corrected chi connectivity index (χ3v) is 5.43. The average Bonchev–Trinajstić information content (AvgIpc) is 3.10. The Morgan fingerprint density at radius 1 is 1.25 bits per heavy atom. The number of H-pyrrole nitrogens is 1. The standard InChI is InChI=1S/C26H34N2/c1-6-11-19(3)25(26-16-17-28-21(26)5)15-9-8-12-22(7-2)24-14-10-13-23(18-24)20(4)27/h6,10-11,13-14,16-18,22,27-28H,3,5,7-9,12,15H2,1-2,4H3. The van der Waals surface area contributed by atoms with Crippen LogP contribution in [-0.4, -0.2) is 10.7 Å². The zero-order chi connectivity index (χ0) is 20.5. The van der Waals surface area contributed by atoms with Crippen LogP contribution in [0, 0.1) is 5.41 Å². The quantitative estimate of drug-likeness (QED) is 0.297. The van der Waals surface area contributed by atoms with Crippen LogP contribution in [0.1, 0.15) is 69.9 Å². The van der Waals surface area contributed by atoms with Gasteiger partial charge in [-0.3, -0.25) is 0 Å². The van der Waals surface area contributed by atoms with Gasteiger partial charge in [-0.05, 0) is 79.9 Å². The molecule has 0 fully saturated rings. The summed E-state index contributed by atoms with van der Waals surface area (Å²) in [5.74, 6) is 0.553. The molecule has 1 atom stereocenters. The van der Waals surface area contributed by atoms with E-state index in [0.29, 0.717) is 11.6 Å². The Labute approximate surface area is 169 Å². The van der Waals surface area contributed by atoms with Crippen molar-refractivity contribution in [1.82, 2.24) is 4.98 Å². The average molecular weight is 375 g/mol. The molecule has 1 aromatic carbocycles. The maximum absolute atomic E-state index is 7.88. The molecule has 0 spiro atoms. The second kappa shape index (κ2) is 10.7. The Balaban J connectivity index is 2.05. The summed E-state index contributed by atoms with van der Waals surface area (Å²) >= 11 is 0. The first-order valence-corrected chi connectivity index (χ1v) is 10.3. The van der Waals surface area contributed by atoms with Gasteiger partial charge in [0.05, 0.1) is 0 Å². The van der Waals surface area contributed by atoms with E-state index in [2.05, 4.69) is 55.4 Å². The fraction of sp³-hybridized carbons (Fsp3) is 0.346. The number of hydrogen-bond donors (Lipinski definition) is 2. The van der Waals surface area contributed by atoms with E-state index in [1.807, 2.05) is 32.2 Å². The number of aromatic nitrogens is 1. The Morgan fingerprint density at radius 2 is 2.04 bits per heavy atom. The van der Waals surface area contributed by atoms with Crippen LogP contribution < -0.4 is 10.6 Å². The molecule has 28 heavy (non-hydrogen) atoms. The number of hydrogen-bond acceptors (Lipinski definition) is 1. The van der Waals surface area contributed by atoms with Crippen LogP contribution in [0.3, 0.4) is 0 Å². The van der Waals surface area contributed by atoms with E-state index in [-0.39, 0.29) is 0 Å². The van der Waals surface area contributed by atoms with E-state index >= 15 is 0 Å². The highest BCUT2D eigenvalue weighted by Gasteiger charge is 2.11. The van der Waals surface area contributed by atoms with Crippen LogP contribution >= 0.6 is 0 Å². The van der Waals surface area contributed by atoms with Gasteiger partial charge < -0.3 is 10.4 Å². The van der Waals surface area contributed by atoms with Crippen molar-refractivity contribution in [2.24, 2.45) is 0 Å². The second-order valence-electron chi connectivity index (χ2n) is 7.48. The molecule has 0 radical (unpaired) electrons. The molecule has 0 bridgehead atoms. The lowest BCUT2D eigenvalue weighted by Gasteiger charge is -2.17. The van der Waals surface area contributed by atoms with Gasteiger partial charge in [0.2, 0.25) is 0 Å². The molecule has 2 heteroatoms. The normalized spacial score (nSPS) is 13.5. The van der Waals surface area contributed by atoms with E-state index in [9.17, 15) is 0 Å². The fourth-order valence-electron chi connectivity index (χ4n) is 3.78. The highest BCUT2D eigenvalue weighted by Crippen LogP contribution is 2.27. The van der Waals surface area contributed by atoms with Crippen molar-refractivity contribution in [1.29, 1.82) is 5.41 Å². The summed E-state index contributed by atoms with van der Waals surface area (Å²) in [6.07, 6.45) is 11.7. The van der Waals surface area contributed by atoms with Gasteiger partial charge in [-0.1, -0.05) is 56.9 Å². The molecular formula is C26H34N2. The van der Waals surface area contributed by atoms with Gasteiger partial charge in [-0.25, -0.2) is 0 Å². The van der Waals surface area contributed by atoms with Crippen molar-refractivity contribution in [2.45, 2.75) is 58.8 Å². The molecule has 0 aliphatic heterocycles. The van der Waals surface area contributed by atoms with Crippen molar-refractivity contribution >= 4 is 17.9 Å². The van der Waals surface area contributed by atoms with E-state index in [1.165, 1.54) is 29.2 Å². The van der Waals surface area contributed by atoms with Gasteiger partial charge in [0.15, 0.2) is 0 Å². The van der Waals surface area contributed by atoms with E-state index < -0.39 is 0 Å². The summed E-state index contributed by atoms with van der Waals surface area (Å²) in [5.41, 5.74) is 5.39. The van der Waals surface area contributed by atoms with Crippen LogP contribution in [0.15, 0.2) is 60.8 Å². The first-order valence-electron chi connectivity index (χ1n) is 10.3. The van der Waals surface area contributed by atoms with Crippen molar-refractivity contribution in [3.05, 3.63) is 82.5 Å². The van der Waals surface area contributed by atoms with Crippen LogP contribution in [0.25, 0.3) is 12.2 Å². The summed E-state index contributed by atoms with van der Waals surface area (Å²) in [4.78, 5) is 3.19. The molecule has 1 heterocycles. The van der Waals surface area contributed by atoms with Gasteiger partial charge in [0.1, 0.15) is 0 Å². The molecule has 0 saturated heterocycles.